The Morgan fingerprint density at radius 1 is 1.33 bits per heavy atom. The second kappa shape index (κ2) is 6.39. The molecule has 3 rings (SSSR count). The fraction of sp³-hybridized carbons (Fsp3) is 0.294. The van der Waals surface area contributed by atoms with Gasteiger partial charge in [0.05, 0.1) is 16.6 Å². The van der Waals surface area contributed by atoms with Crippen LogP contribution in [0.3, 0.4) is 0 Å². The van der Waals surface area contributed by atoms with Crippen LogP contribution in [-0.2, 0) is 7.05 Å². The van der Waals surface area contributed by atoms with Gasteiger partial charge in [-0.05, 0) is 37.6 Å². The number of hydrogen-bond acceptors (Lipinski definition) is 3. The van der Waals surface area contributed by atoms with Crippen LogP contribution < -0.4 is 0 Å². The number of hydrogen-bond donors (Lipinski definition) is 0. The average Bonchev–Trinajstić information content (AvgIpc) is 3.07. The summed E-state index contributed by atoms with van der Waals surface area (Å²) in [6.07, 6.45) is 0. The van der Waals surface area contributed by atoms with Crippen molar-refractivity contribution in [2.24, 2.45) is 7.05 Å². The number of benzene rings is 1. The normalized spacial score (nSPS) is 12.6. The molecule has 1 aromatic carbocycles. The van der Waals surface area contributed by atoms with Gasteiger partial charge in [0.25, 0.3) is 5.91 Å². The second-order valence-electron chi connectivity index (χ2n) is 5.80. The van der Waals surface area contributed by atoms with Crippen LogP contribution >= 0.6 is 34.5 Å². The maximum absolute atomic E-state index is 12.9. The van der Waals surface area contributed by atoms with E-state index >= 15 is 0 Å². The van der Waals surface area contributed by atoms with E-state index in [4.69, 9.17) is 23.2 Å². The molecule has 7 heteroatoms. The van der Waals surface area contributed by atoms with Gasteiger partial charge in [-0.15, -0.1) is 11.3 Å². The van der Waals surface area contributed by atoms with Gasteiger partial charge in [-0.1, -0.05) is 29.3 Å². The molecule has 0 radical (unpaired) electrons. The Morgan fingerprint density at radius 3 is 2.67 bits per heavy atom. The molecule has 1 unspecified atom stereocenters. The molecule has 3 aromatic rings. The fourth-order valence-electron chi connectivity index (χ4n) is 2.71. The van der Waals surface area contributed by atoms with Crippen molar-refractivity contribution in [1.29, 1.82) is 0 Å². The lowest BCUT2D eigenvalue weighted by atomic mass is 10.1. The highest BCUT2D eigenvalue weighted by atomic mass is 35.5. The van der Waals surface area contributed by atoms with Crippen molar-refractivity contribution >= 4 is 50.7 Å². The Labute approximate surface area is 154 Å². The lowest BCUT2D eigenvalue weighted by Crippen LogP contribution is -2.29. The number of thiophene rings is 1. The summed E-state index contributed by atoms with van der Waals surface area (Å²) in [6.45, 7) is 3.90. The number of carbonyl (C=O) groups is 1. The summed E-state index contributed by atoms with van der Waals surface area (Å²) in [5.41, 5.74) is 1.80. The van der Waals surface area contributed by atoms with Crippen LogP contribution in [0.4, 0.5) is 0 Å². The van der Waals surface area contributed by atoms with Crippen LogP contribution in [0.25, 0.3) is 10.2 Å². The van der Waals surface area contributed by atoms with E-state index in [9.17, 15) is 4.79 Å². The molecule has 0 bridgehead atoms. The van der Waals surface area contributed by atoms with Gasteiger partial charge in [0, 0.05) is 29.5 Å². The molecule has 4 nitrogen and oxygen atoms in total. The number of halogens is 2. The van der Waals surface area contributed by atoms with Crippen molar-refractivity contribution in [2.75, 3.05) is 7.05 Å². The average molecular weight is 382 g/mol. The Bertz CT molecular complexity index is 897. The molecule has 0 saturated heterocycles. The zero-order chi connectivity index (χ0) is 17.6. The van der Waals surface area contributed by atoms with E-state index in [0.717, 1.165) is 21.5 Å². The molecule has 1 atom stereocenters. The van der Waals surface area contributed by atoms with Crippen LogP contribution in [0.1, 0.15) is 33.9 Å². The van der Waals surface area contributed by atoms with Gasteiger partial charge in [-0.25, -0.2) is 0 Å². The van der Waals surface area contributed by atoms with E-state index in [1.54, 1.807) is 24.1 Å². The molecule has 1 amide bonds. The molecule has 0 aliphatic carbocycles. The highest BCUT2D eigenvalue weighted by Gasteiger charge is 2.23. The van der Waals surface area contributed by atoms with Crippen LogP contribution in [0, 0.1) is 6.92 Å². The third-order valence-corrected chi connectivity index (χ3v) is 5.97. The van der Waals surface area contributed by atoms with Gasteiger partial charge in [0.1, 0.15) is 4.83 Å². The van der Waals surface area contributed by atoms with Crippen LogP contribution in [0.2, 0.25) is 10.0 Å². The highest BCUT2D eigenvalue weighted by Crippen LogP contribution is 2.32. The highest BCUT2D eigenvalue weighted by molar-refractivity contribution is 7.20. The van der Waals surface area contributed by atoms with E-state index in [1.807, 2.05) is 37.7 Å². The van der Waals surface area contributed by atoms with E-state index in [2.05, 4.69) is 5.10 Å². The van der Waals surface area contributed by atoms with Gasteiger partial charge in [0.2, 0.25) is 0 Å². The summed E-state index contributed by atoms with van der Waals surface area (Å²) >= 11 is 13.7. The fourth-order valence-corrected chi connectivity index (χ4v) is 4.38. The molecule has 0 aliphatic heterocycles. The molecule has 0 saturated carbocycles. The largest absolute Gasteiger partial charge is 0.334 e. The first-order valence-electron chi connectivity index (χ1n) is 7.45. The molecule has 126 valence electrons. The minimum absolute atomic E-state index is 0.0332. The number of carbonyl (C=O) groups excluding carboxylic acids is 1. The van der Waals surface area contributed by atoms with Gasteiger partial charge in [-0.3, -0.25) is 9.48 Å². The maximum Gasteiger partial charge on any atom is 0.264 e. The van der Waals surface area contributed by atoms with E-state index in [-0.39, 0.29) is 11.9 Å². The molecular weight excluding hydrogens is 365 g/mol. The zero-order valence-corrected chi connectivity index (χ0v) is 16.1. The minimum atomic E-state index is -0.160. The maximum atomic E-state index is 12.9. The molecule has 2 aromatic heterocycles. The van der Waals surface area contributed by atoms with Crippen LogP contribution in [-0.4, -0.2) is 27.6 Å². The first-order chi connectivity index (χ1) is 11.3. The number of nitrogens with zero attached hydrogens (tertiary/aromatic N) is 3. The van der Waals surface area contributed by atoms with Crippen molar-refractivity contribution in [3.05, 3.63) is 50.4 Å². The third kappa shape index (κ3) is 2.92. The van der Waals surface area contributed by atoms with Crippen molar-refractivity contribution in [3.63, 3.8) is 0 Å². The number of amides is 1. The Hall–Kier alpha value is -1.56. The standard InChI is InChI=1S/C17H17Cl2N3OS/c1-9-13-8-15(24-17(13)22(4)20-9)16(23)21(3)10(2)12-6-5-11(18)7-14(12)19/h5-8,10H,1-4H3. The molecule has 0 fully saturated rings. The Balaban J connectivity index is 1.91. The quantitative estimate of drug-likeness (QED) is 0.633. The monoisotopic (exact) mass is 381 g/mol. The number of rotatable bonds is 3. The summed E-state index contributed by atoms with van der Waals surface area (Å²) in [7, 11) is 3.67. The van der Waals surface area contributed by atoms with Gasteiger partial charge in [0.15, 0.2) is 0 Å². The van der Waals surface area contributed by atoms with Gasteiger partial charge < -0.3 is 4.90 Å². The van der Waals surface area contributed by atoms with Crippen molar-refractivity contribution in [2.45, 2.75) is 19.9 Å². The smallest absolute Gasteiger partial charge is 0.264 e. The Kier molecular flexibility index (Phi) is 4.60. The van der Waals surface area contributed by atoms with Crippen molar-refractivity contribution < 1.29 is 4.79 Å². The van der Waals surface area contributed by atoms with E-state index in [0.29, 0.717) is 14.9 Å². The first-order valence-corrected chi connectivity index (χ1v) is 9.02. The lowest BCUT2D eigenvalue weighted by Gasteiger charge is -2.25. The molecule has 24 heavy (non-hydrogen) atoms. The van der Waals surface area contributed by atoms with Gasteiger partial charge in [-0.2, -0.15) is 5.10 Å². The number of aromatic nitrogens is 2. The predicted octanol–water partition coefficient (Wildman–Crippen LogP) is 5.08. The second-order valence-corrected chi connectivity index (χ2v) is 7.67. The number of fused-ring (bicyclic) bond motifs is 1. The van der Waals surface area contributed by atoms with Crippen LogP contribution in [0.5, 0.6) is 0 Å². The summed E-state index contributed by atoms with van der Waals surface area (Å²) < 4.78 is 1.81. The molecule has 0 N–H and O–H groups in total. The van der Waals surface area contributed by atoms with E-state index < -0.39 is 0 Å². The van der Waals surface area contributed by atoms with Crippen LogP contribution in [0.15, 0.2) is 24.3 Å². The number of aryl methyl sites for hydroxylation is 2. The Morgan fingerprint density at radius 2 is 2.04 bits per heavy atom. The SMILES string of the molecule is Cc1nn(C)c2sc(C(=O)N(C)C(C)c3ccc(Cl)cc3Cl)cc12. The molecular formula is C17H17Cl2N3OS. The molecule has 2 heterocycles. The summed E-state index contributed by atoms with van der Waals surface area (Å²) in [4.78, 5) is 16.3. The summed E-state index contributed by atoms with van der Waals surface area (Å²) in [5.74, 6) is -0.0332. The predicted molar refractivity (Wildman–Crippen MR) is 100 cm³/mol. The zero-order valence-electron chi connectivity index (χ0n) is 13.8. The van der Waals surface area contributed by atoms with Crippen molar-refractivity contribution in [3.8, 4) is 0 Å². The topological polar surface area (TPSA) is 38.1 Å². The van der Waals surface area contributed by atoms with Crippen molar-refractivity contribution in [1.82, 2.24) is 14.7 Å². The lowest BCUT2D eigenvalue weighted by molar-refractivity contribution is 0.0747. The molecule has 0 aliphatic rings. The molecule has 0 spiro atoms. The van der Waals surface area contributed by atoms with E-state index in [1.165, 1.54) is 11.3 Å². The third-order valence-electron chi connectivity index (χ3n) is 4.22. The minimum Gasteiger partial charge on any atom is -0.334 e. The first kappa shape index (κ1) is 17.3. The summed E-state index contributed by atoms with van der Waals surface area (Å²) in [5, 5.41) is 6.54. The van der Waals surface area contributed by atoms with Gasteiger partial charge >= 0.3 is 0 Å². The summed E-state index contributed by atoms with van der Waals surface area (Å²) in [6, 6.07) is 7.09.